The third-order valence-electron chi connectivity index (χ3n) is 3.31. The highest BCUT2D eigenvalue weighted by Gasteiger charge is 2.26. The number of unbranched alkanes of at least 4 members (excludes halogenated alkanes) is 1. The molecule has 102 valence electrons. The summed E-state index contributed by atoms with van der Waals surface area (Å²) in [5.74, 6) is 1.37. The molecule has 0 bridgehead atoms. The summed E-state index contributed by atoms with van der Waals surface area (Å²) in [6, 6.07) is 0.0374. The number of sulfone groups is 1. The molecule has 18 heavy (non-hydrogen) atoms. The van der Waals surface area contributed by atoms with E-state index in [0.29, 0.717) is 5.75 Å². The highest BCUT2D eigenvalue weighted by molar-refractivity contribution is 7.91. The van der Waals surface area contributed by atoms with E-state index >= 15 is 0 Å². The molecule has 2 rings (SSSR count). The van der Waals surface area contributed by atoms with Gasteiger partial charge in [-0.15, -0.1) is 0 Å². The molecule has 1 aliphatic heterocycles. The third kappa shape index (κ3) is 3.25. The fraction of sp³-hybridized carbons (Fsp3) is 0.750. The average Bonchev–Trinajstić information content (AvgIpc) is 2.76. The maximum absolute atomic E-state index is 11.7. The van der Waals surface area contributed by atoms with E-state index in [4.69, 9.17) is 0 Å². The first-order valence-corrected chi connectivity index (χ1v) is 8.41. The normalized spacial score (nSPS) is 22.8. The van der Waals surface area contributed by atoms with Crippen molar-refractivity contribution in [3.05, 3.63) is 12.4 Å². The molecular weight excluding hydrogens is 250 g/mol. The zero-order valence-electron chi connectivity index (χ0n) is 10.8. The van der Waals surface area contributed by atoms with Crippen LogP contribution in [-0.2, 0) is 9.84 Å². The van der Waals surface area contributed by atoms with Crippen LogP contribution in [0.2, 0.25) is 0 Å². The van der Waals surface area contributed by atoms with Gasteiger partial charge < -0.3 is 9.88 Å². The molecule has 0 radical (unpaired) electrons. The Morgan fingerprint density at radius 3 is 3.11 bits per heavy atom. The monoisotopic (exact) mass is 271 g/mol. The summed E-state index contributed by atoms with van der Waals surface area (Å²) < 4.78 is 25.3. The fourth-order valence-corrected chi connectivity index (χ4v) is 4.03. The Balaban J connectivity index is 2.06. The molecule has 0 aromatic carbocycles. The van der Waals surface area contributed by atoms with Crippen molar-refractivity contribution in [3.63, 3.8) is 0 Å². The van der Waals surface area contributed by atoms with Gasteiger partial charge in [-0.3, -0.25) is 0 Å². The van der Waals surface area contributed by atoms with E-state index in [0.717, 1.165) is 38.2 Å². The molecule has 6 heteroatoms. The van der Waals surface area contributed by atoms with Gasteiger partial charge >= 0.3 is 0 Å². The molecule has 1 fully saturated rings. The van der Waals surface area contributed by atoms with Crippen molar-refractivity contribution in [3.8, 4) is 0 Å². The van der Waals surface area contributed by atoms with Gasteiger partial charge in [-0.2, -0.15) is 0 Å². The molecule has 1 aromatic rings. The highest BCUT2D eigenvalue weighted by atomic mass is 32.2. The van der Waals surface area contributed by atoms with E-state index < -0.39 is 9.84 Å². The molecular formula is C12H21N3O2S. The second-order valence-electron chi connectivity index (χ2n) is 4.85. The minimum atomic E-state index is -2.88. The Morgan fingerprint density at radius 1 is 1.56 bits per heavy atom. The van der Waals surface area contributed by atoms with Gasteiger partial charge in [0.15, 0.2) is 9.84 Å². The predicted molar refractivity (Wildman–Crippen MR) is 72.5 cm³/mol. The minimum absolute atomic E-state index is 0.0374. The van der Waals surface area contributed by atoms with Gasteiger partial charge in [-0.1, -0.05) is 13.3 Å². The number of nitrogens with one attached hydrogen (secondary N) is 1. The second kappa shape index (κ2) is 5.73. The Bertz CT molecular complexity index is 481. The minimum Gasteiger partial charge on any atom is -0.356 e. The van der Waals surface area contributed by atoms with E-state index in [1.807, 2.05) is 10.8 Å². The van der Waals surface area contributed by atoms with Gasteiger partial charge in [0, 0.05) is 18.9 Å². The van der Waals surface area contributed by atoms with E-state index in [1.54, 1.807) is 6.20 Å². The molecule has 1 atom stereocenters. The first-order valence-electron chi connectivity index (χ1n) is 6.59. The average molecular weight is 271 g/mol. The first kappa shape index (κ1) is 13.4. The fourth-order valence-electron chi connectivity index (χ4n) is 2.34. The highest BCUT2D eigenvalue weighted by Crippen LogP contribution is 2.25. The zero-order valence-corrected chi connectivity index (χ0v) is 11.6. The molecule has 1 saturated heterocycles. The second-order valence-corrected chi connectivity index (χ2v) is 7.08. The van der Waals surface area contributed by atoms with Crippen molar-refractivity contribution < 1.29 is 8.42 Å². The van der Waals surface area contributed by atoms with Gasteiger partial charge in [-0.25, -0.2) is 13.4 Å². The van der Waals surface area contributed by atoms with Gasteiger partial charge in [0.05, 0.1) is 17.5 Å². The van der Waals surface area contributed by atoms with Crippen molar-refractivity contribution in [2.45, 2.75) is 38.6 Å². The molecule has 1 N–H and O–H groups in total. The molecule has 0 saturated carbocycles. The van der Waals surface area contributed by atoms with Crippen LogP contribution in [0.5, 0.6) is 0 Å². The zero-order chi connectivity index (χ0) is 13.0. The van der Waals surface area contributed by atoms with E-state index in [9.17, 15) is 8.42 Å². The van der Waals surface area contributed by atoms with Crippen LogP contribution in [0, 0.1) is 0 Å². The number of aromatic nitrogens is 2. The Morgan fingerprint density at radius 2 is 2.39 bits per heavy atom. The lowest BCUT2D eigenvalue weighted by Gasteiger charge is -2.24. The Kier molecular flexibility index (Phi) is 4.27. The number of hydrogen-bond donors (Lipinski definition) is 1. The molecule has 1 aromatic heterocycles. The van der Waals surface area contributed by atoms with Crippen LogP contribution >= 0.6 is 0 Å². The Hall–Kier alpha value is -1.04. The summed E-state index contributed by atoms with van der Waals surface area (Å²) in [7, 11) is -2.88. The summed E-state index contributed by atoms with van der Waals surface area (Å²) in [4.78, 5) is 4.27. The third-order valence-corrected chi connectivity index (χ3v) is 5.12. The van der Waals surface area contributed by atoms with Crippen molar-refractivity contribution in [2.24, 2.45) is 0 Å². The van der Waals surface area contributed by atoms with Crippen LogP contribution in [0.3, 0.4) is 0 Å². The number of nitrogens with zero attached hydrogens (tertiary/aromatic N) is 2. The lowest BCUT2D eigenvalue weighted by atomic mass is 10.2. The summed E-state index contributed by atoms with van der Waals surface area (Å²) >= 11 is 0. The molecule has 0 spiro atoms. The van der Waals surface area contributed by atoms with Crippen molar-refractivity contribution in [1.82, 2.24) is 9.55 Å². The van der Waals surface area contributed by atoms with E-state index in [1.165, 1.54) is 0 Å². The largest absolute Gasteiger partial charge is 0.356 e. The summed E-state index contributed by atoms with van der Waals surface area (Å²) in [6.45, 7) is 3.02. The summed E-state index contributed by atoms with van der Waals surface area (Å²) in [5, 5.41) is 3.28. The lowest BCUT2D eigenvalue weighted by molar-refractivity contribution is 0.473. The number of hydrogen-bond acceptors (Lipinski definition) is 4. The van der Waals surface area contributed by atoms with Gasteiger partial charge in [0.1, 0.15) is 0 Å². The van der Waals surface area contributed by atoms with Gasteiger partial charge in [0.2, 0.25) is 5.95 Å². The number of rotatable bonds is 5. The first-order chi connectivity index (χ1) is 8.62. The predicted octanol–water partition coefficient (Wildman–Crippen LogP) is 1.84. The van der Waals surface area contributed by atoms with Gasteiger partial charge in [0.25, 0.3) is 0 Å². The molecule has 1 aliphatic rings. The molecule has 0 aliphatic carbocycles. The van der Waals surface area contributed by atoms with Crippen LogP contribution in [0.15, 0.2) is 12.4 Å². The van der Waals surface area contributed by atoms with Crippen molar-refractivity contribution in [2.75, 3.05) is 23.4 Å². The van der Waals surface area contributed by atoms with Crippen LogP contribution in [0.25, 0.3) is 0 Å². The number of anilines is 1. The quantitative estimate of drug-likeness (QED) is 0.830. The van der Waals surface area contributed by atoms with E-state index in [2.05, 4.69) is 17.2 Å². The van der Waals surface area contributed by atoms with E-state index in [-0.39, 0.29) is 11.8 Å². The molecule has 2 heterocycles. The molecule has 0 amide bonds. The lowest BCUT2D eigenvalue weighted by Crippen LogP contribution is -2.28. The van der Waals surface area contributed by atoms with Crippen LogP contribution in [0.1, 0.15) is 38.6 Å². The summed E-state index contributed by atoms with van der Waals surface area (Å²) in [6.07, 6.45) is 7.49. The van der Waals surface area contributed by atoms with Crippen molar-refractivity contribution >= 4 is 15.8 Å². The standard InChI is InChI=1S/C12H21N3O2S/c1-2-3-6-13-12-14-7-8-15(12)11-5-4-9-18(16,17)10-11/h7-8,11H,2-6,9-10H2,1H3,(H,13,14). The van der Waals surface area contributed by atoms with Crippen LogP contribution in [0.4, 0.5) is 5.95 Å². The Labute approximate surface area is 109 Å². The van der Waals surface area contributed by atoms with Gasteiger partial charge in [-0.05, 0) is 19.3 Å². The molecule has 5 nitrogen and oxygen atoms in total. The SMILES string of the molecule is CCCCNc1nccn1C1CCCS(=O)(=O)C1. The van der Waals surface area contributed by atoms with Crippen LogP contribution < -0.4 is 5.32 Å². The smallest absolute Gasteiger partial charge is 0.203 e. The van der Waals surface area contributed by atoms with Crippen LogP contribution in [-0.4, -0.2) is 36.0 Å². The molecule has 1 unspecified atom stereocenters. The van der Waals surface area contributed by atoms with Crippen molar-refractivity contribution in [1.29, 1.82) is 0 Å². The summed E-state index contributed by atoms with van der Waals surface area (Å²) in [5.41, 5.74) is 0. The maximum atomic E-state index is 11.7. The number of imidazole rings is 1. The topological polar surface area (TPSA) is 64.0 Å². The maximum Gasteiger partial charge on any atom is 0.203 e.